The maximum atomic E-state index is 9.85. The second kappa shape index (κ2) is 5.40. The Morgan fingerprint density at radius 2 is 1.91 bits per heavy atom. The molecule has 9 atom stereocenters. The third-order valence-electron chi connectivity index (χ3n) is 6.87. The molecule has 1 N–H and O–H groups in total. The molecule has 5 nitrogen and oxygen atoms in total. The Morgan fingerprint density at radius 3 is 2.65 bits per heavy atom. The summed E-state index contributed by atoms with van der Waals surface area (Å²) in [4.78, 5) is 11.9. The summed E-state index contributed by atoms with van der Waals surface area (Å²) >= 11 is 0. The summed E-state index contributed by atoms with van der Waals surface area (Å²) in [6.45, 7) is 8.33. The first-order chi connectivity index (χ1) is 10.9. The van der Waals surface area contributed by atoms with Crippen LogP contribution in [0.1, 0.15) is 59.8 Å². The fourth-order valence-corrected chi connectivity index (χ4v) is 5.58. The first kappa shape index (κ1) is 16.3. The smallest absolute Gasteiger partial charge is 0.201 e. The van der Waals surface area contributed by atoms with Crippen LogP contribution in [-0.4, -0.2) is 35.0 Å². The van der Waals surface area contributed by atoms with E-state index in [4.69, 9.17) is 19.2 Å². The standard InChI is InChI=1S/C18H30O5/c1-10-5-6-14-12(3)15(9-11(2)19)20-16-18(14)13(10)7-8-17(4,21-16)22-23-18/h10-16,19H,5-9H2,1-4H3/t10-,11+,12-,13+,14+,15-,16-,17-,18-/m1/s1. The second-order valence-corrected chi connectivity index (χ2v) is 8.53. The average Bonchev–Trinajstić information content (AvgIpc) is 2.70. The van der Waals surface area contributed by atoms with Crippen molar-refractivity contribution in [3.05, 3.63) is 0 Å². The van der Waals surface area contributed by atoms with Gasteiger partial charge in [-0.1, -0.05) is 13.8 Å². The monoisotopic (exact) mass is 326 g/mol. The molecule has 132 valence electrons. The summed E-state index contributed by atoms with van der Waals surface area (Å²) in [7, 11) is 0. The number of hydrogen-bond acceptors (Lipinski definition) is 5. The second-order valence-electron chi connectivity index (χ2n) is 8.53. The number of fused-ring (bicyclic) bond motifs is 2. The predicted molar refractivity (Wildman–Crippen MR) is 83.1 cm³/mol. The molecule has 5 aliphatic rings. The topological polar surface area (TPSA) is 57.2 Å². The molecule has 5 heteroatoms. The lowest BCUT2D eigenvalue weighted by atomic mass is 9.57. The predicted octanol–water partition coefficient (Wildman–Crippen LogP) is 3.01. The third kappa shape index (κ3) is 2.31. The van der Waals surface area contributed by atoms with Crippen LogP contribution in [0.25, 0.3) is 0 Å². The van der Waals surface area contributed by atoms with Crippen LogP contribution in [0.5, 0.6) is 0 Å². The zero-order valence-electron chi connectivity index (χ0n) is 14.7. The lowest BCUT2D eigenvalue weighted by molar-refractivity contribution is -0.571. The van der Waals surface area contributed by atoms with Gasteiger partial charge in [0, 0.05) is 12.3 Å². The minimum atomic E-state index is -0.715. The van der Waals surface area contributed by atoms with Gasteiger partial charge in [0.15, 0.2) is 11.9 Å². The molecular formula is C18H30O5. The molecule has 1 spiro atoms. The van der Waals surface area contributed by atoms with Gasteiger partial charge in [0.25, 0.3) is 0 Å². The zero-order valence-corrected chi connectivity index (χ0v) is 14.7. The van der Waals surface area contributed by atoms with E-state index in [1.54, 1.807) is 0 Å². The molecule has 0 aromatic rings. The molecule has 0 unspecified atom stereocenters. The van der Waals surface area contributed by atoms with E-state index in [1.807, 2.05) is 13.8 Å². The van der Waals surface area contributed by atoms with Crippen LogP contribution in [0.3, 0.4) is 0 Å². The molecule has 5 fully saturated rings. The van der Waals surface area contributed by atoms with Crippen LogP contribution in [0, 0.1) is 23.7 Å². The van der Waals surface area contributed by atoms with Crippen molar-refractivity contribution in [1.29, 1.82) is 0 Å². The first-order valence-electron chi connectivity index (χ1n) is 9.24. The lowest BCUT2D eigenvalue weighted by Gasteiger charge is -2.60. The summed E-state index contributed by atoms with van der Waals surface area (Å²) in [5, 5.41) is 9.85. The van der Waals surface area contributed by atoms with Crippen LogP contribution in [0.2, 0.25) is 0 Å². The number of rotatable bonds is 2. The number of aliphatic hydroxyl groups is 1. The zero-order chi connectivity index (χ0) is 16.4. The van der Waals surface area contributed by atoms with E-state index in [0.717, 1.165) is 19.3 Å². The van der Waals surface area contributed by atoms with Gasteiger partial charge in [-0.15, -0.1) is 0 Å². The highest BCUT2D eigenvalue weighted by atomic mass is 17.3. The number of aliphatic hydroxyl groups excluding tert-OH is 1. The maximum Gasteiger partial charge on any atom is 0.201 e. The Bertz CT molecular complexity index is 468. The van der Waals surface area contributed by atoms with Gasteiger partial charge in [0.05, 0.1) is 12.2 Å². The molecule has 23 heavy (non-hydrogen) atoms. The normalized spacial score (nSPS) is 56.7. The number of ether oxygens (including phenoxy) is 2. The summed E-state index contributed by atoms with van der Waals surface area (Å²) in [6, 6.07) is 0. The van der Waals surface area contributed by atoms with Gasteiger partial charge in [-0.2, -0.15) is 0 Å². The fraction of sp³-hybridized carbons (Fsp3) is 1.00. The van der Waals surface area contributed by atoms with Crippen molar-refractivity contribution in [3.8, 4) is 0 Å². The summed E-state index contributed by atoms with van der Waals surface area (Å²) < 4.78 is 12.7. The minimum absolute atomic E-state index is 0.0104. The summed E-state index contributed by atoms with van der Waals surface area (Å²) in [5.74, 6) is 0.961. The van der Waals surface area contributed by atoms with Crippen LogP contribution in [0.4, 0.5) is 0 Å². The summed E-state index contributed by atoms with van der Waals surface area (Å²) in [5.41, 5.74) is -0.484. The molecule has 0 radical (unpaired) electrons. The highest BCUT2D eigenvalue weighted by Gasteiger charge is 2.69. The highest BCUT2D eigenvalue weighted by molar-refractivity contribution is 5.09. The van der Waals surface area contributed by atoms with Crippen LogP contribution in [0.15, 0.2) is 0 Å². The van der Waals surface area contributed by atoms with Gasteiger partial charge in [-0.05, 0) is 57.3 Å². The fourth-order valence-electron chi connectivity index (χ4n) is 5.58. The van der Waals surface area contributed by atoms with Crippen molar-refractivity contribution in [1.82, 2.24) is 0 Å². The Labute approximate surface area is 138 Å². The van der Waals surface area contributed by atoms with Crippen LogP contribution >= 0.6 is 0 Å². The Balaban J connectivity index is 1.73. The molecule has 2 bridgehead atoms. The van der Waals surface area contributed by atoms with Crippen LogP contribution in [-0.2, 0) is 19.2 Å². The Morgan fingerprint density at radius 1 is 1.13 bits per heavy atom. The molecule has 4 heterocycles. The van der Waals surface area contributed by atoms with Gasteiger partial charge in [0.1, 0.15) is 0 Å². The van der Waals surface area contributed by atoms with Crippen molar-refractivity contribution in [2.75, 3.05) is 0 Å². The maximum absolute atomic E-state index is 9.85. The van der Waals surface area contributed by atoms with Gasteiger partial charge >= 0.3 is 0 Å². The summed E-state index contributed by atoms with van der Waals surface area (Å²) in [6.07, 6.45) is 4.12. The molecule has 5 rings (SSSR count). The van der Waals surface area contributed by atoms with Crippen molar-refractivity contribution in [2.45, 2.75) is 89.7 Å². The van der Waals surface area contributed by atoms with Gasteiger partial charge in [0.2, 0.25) is 5.79 Å². The highest BCUT2D eigenvalue weighted by Crippen LogP contribution is 2.60. The third-order valence-corrected chi connectivity index (χ3v) is 6.87. The minimum Gasteiger partial charge on any atom is -0.393 e. The van der Waals surface area contributed by atoms with E-state index in [1.165, 1.54) is 6.42 Å². The van der Waals surface area contributed by atoms with Crippen molar-refractivity contribution in [3.63, 3.8) is 0 Å². The molecule has 0 amide bonds. The lowest BCUT2D eigenvalue weighted by Crippen LogP contribution is -2.70. The van der Waals surface area contributed by atoms with Gasteiger partial charge in [-0.25, -0.2) is 9.78 Å². The van der Waals surface area contributed by atoms with E-state index in [-0.39, 0.29) is 18.5 Å². The van der Waals surface area contributed by atoms with E-state index in [0.29, 0.717) is 30.1 Å². The number of hydrogen-bond donors (Lipinski definition) is 1. The Kier molecular flexibility index (Phi) is 3.82. The van der Waals surface area contributed by atoms with E-state index in [2.05, 4.69) is 13.8 Å². The molecule has 0 aromatic heterocycles. The van der Waals surface area contributed by atoms with E-state index < -0.39 is 11.4 Å². The molecule has 4 saturated heterocycles. The SMILES string of the molecule is C[C@H]1[C@@H](C[C@H](C)O)O[C@@H]2O[C@@]3(C)CC[C@H]4[C@H](C)CC[C@@H]1[C@@]24OO3. The van der Waals surface area contributed by atoms with Gasteiger partial charge in [-0.3, -0.25) is 0 Å². The first-order valence-corrected chi connectivity index (χ1v) is 9.24. The molecule has 1 aliphatic carbocycles. The Hall–Kier alpha value is -0.200. The van der Waals surface area contributed by atoms with E-state index >= 15 is 0 Å². The van der Waals surface area contributed by atoms with Crippen molar-refractivity contribution in [2.24, 2.45) is 23.7 Å². The molecule has 0 aromatic carbocycles. The van der Waals surface area contributed by atoms with E-state index in [9.17, 15) is 5.11 Å². The van der Waals surface area contributed by atoms with Crippen molar-refractivity contribution < 1.29 is 24.4 Å². The van der Waals surface area contributed by atoms with Crippen molar-refractivity contribution >= 4 is 0 Å². The molecule has 4 aliphatic heterocycles. The quantitative estimate of drug-likeness (QED) is 0.791. The van der Waals surface area contributed by atoms with Gasteiger partial charge < -0.3 is 14.6 Å². The average molecular weight is 326 g/mol. The van der Waals surface area contributed by atoms with Crippen LogP contribution < -0.4 is 0 Å². The molecular weight excluding hydrogens is 296 g/mol. The molecule has 1 saturated carbocycles. The largest absolute Gasteiger partial charge is 0.393 e.